The third-order valence-electron chi connectivity index (χ3n) is 7.49. The average molecular weight is 541 g/mol. The van der Waals surface area contributed by atoms with E-state index in [0.29, 0.717) is 5.92 Å². The molecule has 3 aromatic rings. The molecule has 0 bridgehead atoms. The zero-order valence-electron chi connectivity index (χ0n) is 28.3. The first kappa shape index (κ1) is 37.1. The molecule has 0 spiro atoms. The van der Waals surface area contributed by atoms with Gasteiger partial charge in [-0.15, -0.1) is 6.58 Å². The van der Waals surface area contributed by atoms with Gasteiger partial charge >= 0.3 is 0 Å². The Labute approximate surface area is 249 Å². The van der Waals surface area contributed by atoms with Crippen molar-refractivity contribution in [3.05, 3.63) is 130 Å². The van der Waals surface area contributed by atoms with Crippen molar-refractivity contribution in [1.82, 2.24) is 0 Å². The van der Waals surface area contributed by atoms with Crippen molar-refractivity contribution in [3.8, 4) is 0 Å². The summed E-state index contributed by atoms with van der Waals surface area (Å²) in [5, 5.41) is 0. The van der Waals surface area contributed by atoms with Crippen molar-refractivity contribution >= 4 is 0 Å². The van der Waals surface area contributed by atoms with Crippen molar-refractivity contribution in [1.29, 1.82) is 0 Å². The van der Waals surface area contributed by atoms with Gasteiger partial charge in [0.2, 0.25) is 0 Å². The molecule has 40 heavy (non-hydrogen) atoms. The van der Waals surface area contributed by atoms with Crippen LogP contribution in [0.3, 0.4) is 0 Å². The summed E-state index contributed by atoms with van der Waals surface area (Å²) < 4.78 is 0. The lowest BCUT2D eigenvalue weighted by molar-refractivity contribution is 0.554. The van der Waals surface area contributed by atoms with Crippen LogP contribution in [0.5, 0.6) is 0 Å². The van der Waals surface area contributed by atoms with E-state index in [1.807, 2.05) is 40.7 Å². The first-order chi connectivity index (χ1) is 18.8. The van der Waals surface area contributed by atoms with Gasteiger partial charge in [0, 0.05) is 5.41 Å². The van der Waals surface area contributed by atoms with Crippen LogP contribution in [-0.4, -0.2) is 0 Å². The van der Waals surface area contributed by atoms with E-state index in [0.717, 1.165) is 12.8 Å². The molecule has 0 saturated heterocycles. The summed E-state index contributed by atoms with van der Waals surface area (Å²) in [6.07, 6.45) is 3.97. The molecule has 0 aromatic heterocycles. The summed E-state index contributed by atoms with van der Waals surface area (Å²) in [7, 11) is 0. The highest BCUT2D eigenvalue weighted by Crippen LogP contribution is 2.39. The van der Waals surface area contributed by atoms with E-state index in [1.54, 1.807) is 0 Å². The van der Waals surface area contributed by atoms with Crippen molar-refractivity contribution < 1.29 is 0 Å². The Bertz CT molecular complexity index is 1160. The topological polar surface area (TPSA) is 0 Å². The molecule has 220 valence electrons. The Balaban J connectivity index is 0.00000108. The fourth-order valence-corrected chi connectivity index (χ4v) is 4.45. The lowest BCUT2D eigenvalue weighted by Crippen LogP contribution is -2.28. The van der Waals surface area contributed by atoms with Crippen LogP contribution in [0.25, 0.3) is 0 Å². The zero-order chi connectivity index (χ0) is 31.1. The van der Waals surface area contributed by atoms with Crippen LogP contribution in [0.4, 0.5) is 0 Å². The Hall–Kier alpha value is -2.86. The van der Waals surface area contributed by atoms with E-state index in [1.165, 1.54) is 44.5 Å². The quantitative estimate of drug-likeness (QED) is 0.261. The van der Waals surface area contributed by atoms with E-state index in [4.69, 9.17) is 0 Å². The van der Waals surface area contributed by atoms with Gasteiger partial charge in [-0.25, -0.2) is 0 Å². The molecule has 2 atom stereocenters. The monoisotopic (exact) mass is 540 g/mol. The van der Waals surface area contributed by atoms with Crippen LogP contribution in [-0.2, 0) is 17.3 Å². The minimum atomic E-state index is -0.0775. The van der Waals surface area contributed by atoms with E-state index in [9.17, 15) is 0 Å². The zero-order valence-corrected chi connectivity index (χ0v) is 28.3. The molecule has 0 nitrogen and oxygen atoms in total. The lowest BCUT2D eigenvalue weighted by atomic mass is 9.70. The van der Waals surface area contributed by atoms with Gasteiger partial charge in [0.1, 0.15) is 0 Å². The fourth-order valence-electron chi connectivity index (χ4n) is 4.45. The molecular formula is C40H60. The molecule has 3 aromatic carbocycles. The Kier molecular flexibility index (Phi) is 16.5. The molecular weight excluding hydrogens is 480 g/mol. The Morgan fingerprint density at radius 3 is 1.75 bits per heavy atom. The second-order valence-corrected chi connectivity index (χ2v) is 11.9. The molecule has 3 rings (SSSR count). The van der Waals surface area contributed by atoms with Crippen LogP contribution < -0.4 is 0 Å². The maximum atomic E-state index is 3.83. The van der Waals surface area contributed by atoms with Gasteiger partial charge in [-0.05, 0) is 85.3 Å². The number of benzene rings is 3. The predicted molar refractivity (Wildman–Crippen MR) is 184 cm³/mol. The SMILES string of the molecule is C=CCC(C)C(=C)C.CC.CC.Cc1cc(C(C)(C)C)cc(C(C)(Cc2ccccc2)c2ccc(C)c(C)c2)c1. The summed E-state index contributed by atoms with van der Waals surface area (Å²) in [5.74, 6) is 0.604. The molecule has 0 heteroatoms. The number of allylic oxidation sites excluding steroid dienone is 2. The smallest absolute Gasteiger partial charge is 0.0215 e. The van der Waals surface area contributed by atoms with E-state index in [2.05, 4.69) is 135 Å². The van der Waals surface area contributed by atoms with Crippen LogP contribution in [0.1, 0.15) is 115 Å². The van der Waals surface area contributed by atoms with E-state index >= 15 is 0 Å². The molecule has 0 aliphatic heterocycles. The Morgan fingerprint density at radius 2 is 1.30 bits per heavy atom. The highest BCUT2D eigenvalue weighted by Gasteiger charge is 2.31. The third kappa shape index (κ3) is 11.3. The van der Waals surface area contributed by atoms with Crippen LogP contribution in [0.2, 0.25) is 0 Å². The molecule has 0 aliphatic rings. The predicted octanol–water partition coefficient (Wildman–Crippen LogP) is 12.3. The maximum Gasteiger partial charge on any atom is 0.0215 e. The molecule has 0 aliphatic carbocycles. The van der Waals surface area contributed by atoms with Gasteiger partial charge in [0.05, 0.1) is 0 Å². The van der Waals surface area contributed by atoms with Crippen molar-refractivity contribution in [2.24, 2.45) is 5.92 Å². The maximum absolute atomic E-state index is 3.83. The number of hydrogen-bond donors (Lipinski definition) is 0. The molecule has 0 saturated carbocycles. The van der Waals surface area contributed by atoms with Crippen molar-refractivity contribution in [2.75, 3.05) is 0 Å². The van der Waals surface area contributed by atoms with Gasteiger partial charge in [-0.2, -0.15) is 0 Å². The van der Waals surface area contributed by atoms with Crippen LogP contribution in [0, 0.1) is 26.7 Å². The summed E-state index contributed by atoms with van der Waals surface area (Å²) in [4.78, 5) is 0. The van der Waals surface area contributed by atoms with Gasteiger partial charge in [-0.1, -0.05) is 153 Å². The third-order valence-corrected chi connectivity index (χ3v) is 7.49. The highest BCUT2D eigenvalue weighted by molar-refractivity contribution is 5.47. The largest absolute Gasteiger partial charge is 0.103 e. The summed E-state index contributed by atoms with van der Waals surface area (Å²) in [6, 6.07) is 25.0. The fraction of sp³-hybridized carbons (Fsp3) is 0.450. The van der Waals surface area contributed by atoms with E-state index < -0.39 is 0 Å². The standard InChI is InChI=1S/C28H34.C8H14.2C2H6/c1-20-15-25(27(4,5)6)18-26(16-20)28(7,19-23-11-9-8-10-12-23)24-14-13-21(2)22(3)17-24;1-5-6-8(4)7(2)3;2*1-2/h8-18H,19H2,1-7H3;5,8H,1-2,6H2,3-4H3;2*1-2H3. The highest BCUT2D eigenvalue weighted by atomic mass is 14.3. The second kappa shape index (κ2) is 17.8. The normalized spacial score (nSPS) is 12.6. The molecule has 2 unspecified atom stereocenters. The van der Waals surface area contributed by atoms with Gasteiger partial charge in [0.15, 0.2) is 0 Å². The van der Waals surface area contributed by atoms with Crippen molar-refractivity contribution in [3.63, 3.8) is 0 Å². The summed E-state index contributed by atoms with van der Waals surface area (Å²) in [6.45, 7) is 35.6. The van der Waals surface area contributed by atoms with Gasteiger partial charge < -0.3 is 0 Å². The van der Waals surface area contributed by atoms with Crippen molar-refractivity contribution in [2.45, 2.75) is 114 Å². The minimum Gasteiger partial charge on any atom is -0.103 e. The molecule has 0 N–H and O–H groups in total. The first-order valence-electron chi connectivity index (χ1n) is 15.3. The lowest BCUT2D eigenvalue weighted by Gasteiger charge is -2.34. The molecule has 0 heterocycles. The average Bonchev–Trinajstić information content (AvgIpc) is 2.92. The molecule has 0 radical (unpaired) electrons. The first-order valence-corrected chi connectivity index (χ1v) is 15.3. The van der Waals surface area contributed by atoms with Crippen LogP contribution in [0.15, 0.2) is 91.5 Å². The van der Waals surface area contributed by atoms with Gasteiger partial charge in [0.25, 0.3) is 0 Å². The number of rotatable bonds is 7. The Morgan fingerprint density at radius 1 is 0.750 bits per heavy atom. The van der Waals surface area contributed by atoms with E-state index in [-0.39, 0.29) is 10.8 Å². The molecule has 0 fully saturated rings. The molecule has 0 amide bonds. The number of hydrogen-bond acceptors (Lipinski definition) is 0. The summed E-state index contributed by atoms with van der Waals surface area (Å²) in [5.41, 5.74) is 10.9. The summed E-state index contributed by atoms with van der Waals surface area (Å²) >= 11 is 0. The van der Waals surface area contributed by atoms with Crippen LogP contribution >= 0.6 is 0 Å². The number of aryl methyl sites for hydroxylation is 3. The minimum absolute atomic E-state index is 0.0775. The van der Waals surface area contributed by atoms with Gasteiger partial charge in [-0.3, -0.25) is 0 Å². The second-order valence-electron chi connectivity index (χ2n) is 11.9.